The zero-order chi connectivity index (χ0) is 15.4. The summed E-state index contributed by atoms with van der Waals surface area (Å²) in [6.45, 7) is 0. The minimum atomic E-state index is -4.64. The molecule has 1 N–H and O–H groups in total. The lowest BCUT2D eigenvalue weighted by Crippen LogP contribution is -2.17. The van der Waals surface area contributed by atoms with Gasteiger partial charge in [-0.25, -0.2) is 8.42 Å². The molecule has 1 aromatic rings. The molecule has 0 bridgehead atoms. The van der Waals surface area contributed by atoms with E-state index in [1.54, 1.807) is 0 Å². The summed E-state index contributed by atoms with van der Waals surface area (Å²) in [5.74, 6) is 0.123. The van der Waals surface area contributed by atoms with Gasteiger partial charge in [-0.1, -0.05) is 11.6 Å². The van der Waals surface area contributed by atoms with Crippen LogP contribution in [0.4, 0.5) is 18.9 Å². The summed E-state index contributed by atoms with van der Waals surface area (Å²) >= 11 is 10.9. The van der Waals surface area contributed by atoms with Crippen molar-refractivity contribution in [3.05, 3.63) is 28.8 Å². The number of hydrogen-bond donors (Lipinski definition) is 1. The van der Waals surface area contributed by atoms with E-state index < -0.39 is 26.8 Å². The first-order valence-electron chi connectivity index (χ1n) is 5.59. The van der Waals surface area contributed by atoms with Crippen LogP contribution >= 0.6 is 23.2 Å². The Labute approximate surface area is 125 Å². The Morgan fingerprint density at radius 1 is 1.20 bits per heavy atom. The summed E-state index contributed by atoms with van der Waals surface area (Å²) in [5.41, 5.74) is -1.26. The molecule has 0 heterocycles. The SMILES string of the molecule is O=S(=O)(CCCCCl)Nc1ccc(Cl)c(C(F)(F)F)c1. The summed E-state index contributed by atoms with van der Waals surface area (Å²) in [4.78, 5) is 0. The standard InChI is InChI=1S/C11H12Cl2F3NO2S/c12-5-1-2-6-20(18,19)17-8-3-4-10(13)9(7-8)11(14,15)16/h3-4,7,17H,1-2,5-6H2. The van der Waals surface area contributed by atoms with Crippen molar-refractivity contribution >= 4 is 38.9 Å². The third-order valence-electron chi connectivity index (χ3n) is 2.34. The second kappa shape index (κ2) is 6.87. The number of alkyl halides is 4. The van der Waals surface area contributed by atoms with Crippen molar-refractivity contribution in [1.82, 2.24) is 0 Å². The van der Waals surface area contributed by atoms with E-state index in [-0.39, 0.29) is 11.4 Å². The minimum absolute atomic E-state index is 0.174. The van der Waals surface area contributed by atoms with Crippen LogP contribution in [-0.4, -0.2) is 20.1 Å². The van der Waals surface area contributed by atoms with Gasteiger partial charge in [-0.15, -0.1) is 11.6 Å². The zero-order valence-corrected chi connectivity index (χ0v) is 12.5. The topological polar surface area (TPSA) is 46.2 Å². The lowest BCUT2D eigenvalue weighted by Gasteiger charge is -2.12. The van der Waals surface area contributed by atoms with Crippen molar-refractivity contribution in [3.8, 4) is 0 Å². The van der Waals surface area contributed by atoms with Crippen molar-refractivity contribution in [2.45, 2.75) is 19.0 Å². The van der Waals surface area contributed by atoms with Crippen molar-refractivity contribution in [1.29, 1.82) is 0 Å². The third-order valence-corrected chi connectivity index (χ3v) is 4.31. The molecule has 114 valence electrons. The van der Waals surface area contributed by atoms with E-state index in [1.807, 2.05) is 0 Å². The van der Waals surface area contributed by atoms with Crippen LogP contribution in [0.25, 0.3) is 0 Å². The second-order valence-electron chi connectivity index (χ2n) is 4.01. The predicted molar refractivity (Wildman–Crippen MR) is 73.8 cm³/mol. The van der Waals surface area contributed by atoms with E-state index in [2.05, 4.69) is 4.72 Å². The second-order valence-corrected chi connectivity index (χ2v) is 6.64. The highest BCUT2D eigenvalue weighted by molar-refractivity contribution is 7.92. The molecule has 0 saturated carbocycles. The van der Waals surface area contributed by atoms with Crippen LogP contribution in [0.5, 0.6) is 0 Å². The Balaban J connectivity index is 2.88. The van der Waals surface area contributed by atoms with Crippen LogP contribution in [0, 0.1) is 0 Å². The highest BCUT2D eigenvalue weighted by Gasteiger charge is 2.33. The molecular formula is C11H12Cl2F3NO2S. The molecule has 0 radical (unpaired) electrons. The number of benzene rings is 1. The molecule has 3 nitrogen and oxygen atoms in total. The number of sulfonamides is 1. The zero-order valence-electron chi connectivity index (χ0n) is 10.2. The number of hydrogen-bond acceptors (Lipinski definition) is 2. The van der Waals surface area contributed by atoms with Gasteiger partial charge < -0.3 is 0 Å². The van der Waals surface area contributed by atoms with Crippen molar-refractivity contribution in [2.24, 2.45) is 0 Å². The van der Waals surface area contributed by atoms with E-state index in [4.69, 9.17) is 23.2 Å². The van der Waals surface area contributed by atoms with Gasteiger partial charge in [0.25, 0.3) is 0 Å². The Morgan fingerprint density at radius 3 is 2.40 bits per heavy atom. The van der Waals surface area contributed by atoms with Crippen LogP contribution in [0.15, 0.2) is 18.2 Å². The summed E-state index contributed by atoms with van der Waals surface area (Å²) in [6, 6.07) is 2.85. The van der Waals surface area contributed by atoms with Gasteiger partial charge in [0.2, 0.25) is 10.0 Å². The number of anilines is 1. The molecular weight excluding hydrogens is 338 g/mol. The van der Waals surface area contributed by atoms with Crippen LogP contribution in [0.3, 0.4) is 0 Å². The molecule has 0 atom stereocenters. The molecule has 1 aromatic carbocycles. The number of rotatable bonds is 6. The van der Waals surface area contributed by atoms with Crippen molar-refractivity contribution < 1.29 is 21.6 Å². The summed E-state index contributed by atoms with van der Waals surface area (Å²) < 4.78 is 63.3. The Bertz CT molecular complexity index is 561. The fraction of sp³-hybridized carbons (Fsp3) is 0.455. The summed E-state index contributed by atoms with van der Waals surface area (Å²) in [6.07, 6.45) is -3.80. The molecule has 0 aliphatic rings. The van der Waals surface area contributed by atoms with E-state index in [0.29, 0.717) is 24.8 Å². The monoisotopic (exact) mass is 349 g/mol. The highest BCUT2D eigenvalue weighted by atomic mass is 35.5. The molecule has 1 rings (SSSR count). The maximum absolute atomic E-state index is 12.6. The molecule has 0 spiro atoms. The summed E-state index contributed by atoms with van der Waals surface area (Å²) in [5, 5.41) is -0.484. The largest absolute Gasteiger partial charge is 0.417 e. The Morgan fingerprint density at radius 2 is 1.85 bits per heavy atom. The van der Waals surface area contributed by atoms with Gasteiger partial charge in [0.1, 0.15) is 0 Å². The van der Waals surface area contributed by atoms with Gasteiger partial charge in [-0.2, -0.15) is 13.2 Å². The van der Waals surface area contributed by atoms with Gasteiger partial charge in [0.15, 0.2) is 0 Å². The van der Waals surface area contributed by atoms with Crippen molar-refractivity contribution in [3.63, 3.8) is 0 Å². The fourth-order valence-electron chi connectivity index (χ4n) is 1.42. The molecule has 20 heavy (non-hydrogen) atoms. The highest BCUT2D eigenvalue weighted by Crippen LogP contribution is 2.36. The van der Waals surface area contributed by atoms with Crippen molar-refractivity contribution in [2.75, 3.05) is 16.4 Å². The molecule has 0 aliphatic carbocycles. The average Bonchev–Trinajstić information content (AvgIpc) is 2.30. The molecule has 0 saturated heterocycles. The maximum atomic E-state index is 12.6. The van der Waals surface area contributed by atoms with Crippen LogP contribution in [0.2, 0.25) is 5.02 Å². The molecule has 0 unspecified atom stereocenters. The predicted octanol–water partition coefficient (Wildman–Crippen LogP) is 4.12. The number of nitrogens with one attached hydrogen (secondary N) is 1. The third kappa shape index (κ3) is 5.38. The minimum Gasteiger partial charge on any atom is -0.284 e. The Kier molecular flexibility index (Phi) is 5.97. The van der Waals surface area contributed by atoms with Gasteiger partial charge >= 0.3 is 6.18 Å². The Hall–Kier alpha value is -0.660. The lowest BCUT2D eigenvalue weighted by molar-refractivity contribution is -0.137. The van der Waals surface area contributed by atoms with E-state index in [0.717, 1.165) is 6.07 Å². The maximum Gasteiger partial charge on any atom is 0.417 e. The number of unbranched alkanes of at least 4 members (excludes halogenated alkanes) is 1. The van der Waals surface area contributed by atoms with Crippen LogP contribution < -0.4 is 4.72 Å². The lowest BCUT2D eigenvalue weighted by atomic mass is 10.2. The quantitative estimate of drug-likeness (QED) is 0.620. The normalized spacial score (nSPS) is 12.4. The smallest absolute Gasteiger partial charge is 0.284 e. The van der Waals surface area contributed by atoms with Crippen LogP contribution in [0.1, 0.15) is 18.4 Å². The van der Waals surface area contributed by atoms with Gasteiger partial charge in [0, 0.05) is 11.6 Å². The van der Waals surface area contributed by atoms with Gasteiger partial charge in [0.05, 0.1) is 16.3 Å². The molecule has 0 fully saturated rings. The van der Waals surface area contributed by atoms with Gasteiger partial charge in [-0.3, -0.25) is 4.72 Å². The van der Waals surface area contributed by atoms with E-state index in [1.165, 1.54) is 6.07 Å². The average molecular weight is 350 g/mol. The first kappa shape index (κ1) is 17.4. The fourth-order valence-corrected chi connectivity index (χ4v) is 3.01. The first-order valence-corrected chi connectivity index (χ1v) is 8.15. The van der Waals surface area contributed by atoms with Crippen LogP contribution in [-0.2, 0) is 16.2 Å². The summed E-state index contributed by atoms with van der Waals surface area (Å²) in [7, 11) is -3.70. The molecule has 9 heteroatoms. The van der Waals surface area contributed by atoms with Gasteiger partial charge in [-0.05, 0) is 31.0 Å². The first-order chi connectivity index (χ1) is 9.15. The molecule has 0 amide bonds. The van der Waals surface area contributed by atoms with E-state index >= 15 is 0 Å². The molecule has 0 aliphatic heterocycles. The number of halogens is 5. The molecule has 0 aromatic heterocycles. The van der Waals surface area contributed by atoms with E-state index in [9.17, 15) is 21.6 Å².